The number of nitrogens with zero attached hydrogens (tertiary/aromatic N) is 4. The topological polar surface area (TPSA) is 69.6 Å². The predicted molar refractivity (Wildman–Crippen MR) is 67.7 cm³/mol. The number of aryl methyl sites for hydroxylation is 1. The summed E-state index contributed by atoms with van der Waals surface area (Å²) in [6.45, 7) is 4.98. The van der Waals surface area contributed by atoms with E-state index in [4.69, 9.17) is 17.3 Å². The van der Waals surface area contributed by atoms with Crippen LogP contribution < -0.4 is 5.73 Å². The van der Waals surface area contributed by atoms with Crippen molar-refractivity contribution in [3.63, 3.8) is 0 Å². The molecular formula is C11H14ClN5. The van der Waals surface area contributed by atoms with Crippen LogP contribution in [0, 0.1) is 6.92 Å². The van der Waals surface area contributed by atoms with Crippen LogP contribution in [0.1, 0.15) is 19.0 Å². The van der Waals surface area contributed by atoms with Crippen LogP contribution in [-0.2, 0) is 6.54 Å². The van der Waals surface area contributed by atoms with Gasteiger partial charge in [-0.1, -0.05) is 18.5 Å². The molecule has 2 aromatic heterocycles. The molecule has 0 radical (unpaired) electrons. The Morgan fingerprint density at radius 2 is 2.18 bits per heavy atom. The third-order valence-corrected chi connectivity index (χ3v) is 2.98. The van der Waals surface area contributed by atoms with E-state index in [0.717, 1.165) is 24.2 Å². The van der Waals surface area contributed by atoms with Gasteiger partial charge in [-0.2, -0.15) is 5.10 Å². The molecule has 0 amide bonds. The fraction of sp³-hybridized carbons (Fsp3) is 0.364. The van der Waals surface area contributed by atoms with Crippen molar-refractivity contribution >= 4 is 17.4 Å². The fourth-order valence-corrected chi connectivity index (χ4v) is 1.89. The number of anilines is 1. The molecule has 0 saturated heterocycles. The molecule has 6 heteroatoms. The van der Waals surface area contributed by atoms with Crippen LogP contribution in [0.25, 0.3) is 11.3 Å². The Hall–Kier alpha value is -1.62. The van der Waals surface area contributed by atoms with E-state index in [9.17, 15) is 0 Å². The fourth-order valence-electron chi connectivity index (χ4n) is 1.69. The number of nitrogens with two attached hydrogens (primary N) is 1. The van der Waals surface area contributed by atoms with Crippen molar-refractivity contribution in [1.82, 2.24) is 19.7 Å². The molecule has 2 N–H and O–H groups in total. The van der Waals surface area contributed by atoms with E-state index in [0.29, 0.717) is 16.5 Å². The van der Waals surface area contributed by atoms with Gasteiger partial charge in [0.05, 0.1) is 11.9 Å². The molecule has 17 heavy (non-hydrogen) atoms. The minimum atomic E-state index is 0.291. The van der Waals surface area contributed by atoms with Gasteiger partial charge < -0.3 is 5.73 Å². The molecule has 0 aliphatic carbocycles. The zero-order valence-electron chi connectivity index (χ0n) is 9.81. The second-order valence-corrected chi connectivity index (χ2v) is 4.17. The zero-order chi connectivity index (χ0) is 12.4. The summed E-state index contributed by atoms with van der Waals surface area (Å²) < 4.78 is 1.93. The normalized spacial score (nSPS) is 10.8. The summed E-state index contributed by atoms with van der Waals surface area (Å²) in [5.41, 5.74) is 8.24. The van der Waals surface area contributed by atoms with Gasteiger partial charge in [-0.3, -0.25) is 4.68 Å². The Balaban J connectivity index is 2.50. The first-order chi connectivity index (χ1) is 8.15. The zero-order valence-corrected chi connectivity index (χ0v) is 10.6. The summed E-state index contributed by atoms with van der Waals surface area (Å²) >= 11 is 6.10. The van der Waals surface area contributed by atoms with Crippen LogP contribution in [0.15, 0.2) is 12.5 Å². The quantitative estimate of drug-likeness (QED) is 0.909. The van der Waals surface area contributed by atoms with Gasteiger partial charge >= 0.3 is 0 Å². The standard InChI is InChI=1S/C11H14ClN5/c1-3-4-17-7(2)8(5-16-17)10-9(12)11(13)15-6-14-10/h5-6H,3-4H2,1-2H3,(H2,13,14,15). The summed E-state index contributed by atoms with van der Waals surface area (Å²) in [5, 5.41) is 4.69. The van der Waals surface area contributed by atoms with Crippen molar-refractivity contribution in [2.75, 3.05) is 5.73 Å². The molecule has 2 rings (SSSR count). The second kappa shape index (κ2) is 4.71. The smallest absolute Gasteiger partial charge is 0.146 e. The molecule has 0 aliphatic heterocycles. The van der Waals surface area contributed by atoms with E-state index in [1.54, 1.807) is 6.20 Å². The number of aromatic nitrogens is 4. The van der Waals surface area contributed by atoms with E-state index in [-0.39, 0.29) is 0 Å². The molecule has 0 aliphatic rings. The maximum Gasteiger partial charge on any atom is 0.146 e. The van der Waals surface area contributed by atoms with Crippen molar-refractivity contribution in [1.29, 1.82) is 0 Å². The molecule has 0 bridgehead atoms. The highest BCUT2D eigenvalue weighted by atomic mass is 35.5. The van der Waals surface area contributed by atoms with Gasteiger partial charge in [0.15, 0.2) is 0 Å². The third-order valence-electron chi connectivity index (χ3n) is 2.61. The average Bonchev–Trinajstić information content (AvgIpc) is 2.66. The number of rotatable bonds is 3. The van der Waals surface area contributed by atoms with Crippen molar-refractivity contribution in [2.24, 2.45) is 0 Å². The van der Waals surface area contributed by atoms with E-state index < -0.39 is 0 Å². The molecule has 0 fully saturated rings. The molecule has 0 spiro atoms. The van der Waals surface area contributed by atoms with E-state index in [1.807, 2.05) is 11.6 Å². The molecule has 90 valence electrons. The number of nitrogen functional groups attached to an aromatic ring is 1. The van der Waals surface area contributed by atoms with Crippen molar-refractivity contribution in [3.05, 3.63) is 23.2 Å². The van der Waals surface area contributed by atoms with Crippen molar-refractivity contribution in [2.45, 2.75) is 26.8 Å². The monoisotopic (exact) mass is 251 g/mol. The molecule has 0 unspecified atom stereocenters. The van der Waals surface area contributed by atoms with E-state index >= 15 is 0 Å². The molecule has 2 heterocycles. The first-order valence-corrected chi connectivity index (χ1v) is 5.81. The van der Waals surface area contributed by atoms with Gasteiger partial charge in [-0.15, -0.1) is 0 Å². The summed E-state index contributed by atoms with van der Waals surface area (Å²) in [5.74, 6) is 0.291. The lowest BCUT2D eigenvalue weighted by Crippen LogP contribution is -2.01. The van der Waals surface area contributed by atoms with Gasteiger partial charge in [0.1, 0.15) is 17.2 Å². The predicted octanol–water partition coefficient (Wildman–Crippen LogP) is 2.29. The van der Waals surface area contributed by atoms with E-state index in [1.165, 1.54) is 6.33 Å². The van der Waals surface area contributed by atoms with Crippen molar-refractivity contribution < 1.29 is 0 Å². The Labute approximate surface area is 105 Å². The van der Waals surface area contributed by atoms with Crippen LogP contribution >= 0.6 is 11.6 Å². The number of halogens is 1. The SMILES string of the molecule is CCCn1ncc(-c2ncnc(N)c2Cl)c1C. The highest BCUT2D eigenvalue weighted by Gasteiger charge is 2.14. The van der Waals surface area contributed by atoms with Gasteiger partial charge in [-0.25, -0.2) is 9.97 Å². The summed E-state index contributed by atoms with van der Waals surface area (Å²) in [6.07, 6.45) is 4.20. The Bertz CT molecular complexity index is 535. The van der Waals surface area contributed by atoms with Gasteiger partial charge in [0.25, 0.3) is 0 Å². The van der Waals surface area contributed by atoms with Crippen molar-refractivity contribution in [3.8, 4) is 11.3 Å². The Morgan fingerprint density at radius 1 is 1.41 bits per heavy atom. The molecule has 2 aromatic rings. The third kappa shape index (κ3) is 2.10. The highest BCUT2D eigenvalue weighted by Crippen LogP contribution is 2.30. The Morgan fingerprint density at radius 3 is 2.88 bits per heavy atom. The van der Waals surface area contributed by atoms with Crippen LogP contribution in [-0.4, -0.2) is 19.7 Å². The molecular weight excluding hydrogens is 238 g/mol. The lowest BCUT2D eigenvalue weighted by atomic mass is 10.2. The van der Waals surface area contributed by atoms with Gasteiger partial charge in [-0.05, 0) is 13.3 Å². The van der Waals surface area contributed by atoms with Crippen LogP contribution in [0.2, 0.25) is 5.02 Å². The van der Waals surface area contributed by atoms with Gasteiger partial charge in [0.2, 0.25) is 0 Å². The first-order valence-electron chi connectivity index (χ1n) is 5.44. The van der Waals surface area contributed by atoms with E-state index in [2.05, 4.69) is 22.0 Å². The van der Waals surface area contributed by atoms with Gasteiger partial charge in [0, 0.05) is 17.8 Å². The molecule has 0 atom stereocenters. The van der Waals surface area contributed by atoms with Crippen LogP contribution in [0.3, 0.4) is 0 Å². The maximum atomic E-state index is 6.10. The Kier molecular flexibility index (Phi) is 3.28. The van der Waals surface area contributed by atoms with Crippen LogP contribution in [0.5, 0.6) is 0 Å². The van der Waals surface area contributed by atoms with Crippen LogP contribution in [0.4, 0.5) is 5.82 Å². The average molecular weight is 252 g/mol. The lowest BCUT2D eigenvalue weighted by Gasteiger charge is -2.05. The second-order valence-electron chi connectivity index (χ2n) is 3.79. The highest BCUT2D eigenvalue weighted by molar-refractivity contribution is 6.35. The minimum absolute atomic E-state index is 0.291. The minimum Gasteiger partial charge on any atom is -0.382 e. The summed E-state index contributed by atoms with van der Waals surface area (Å²) in [6, 6.07) is 0. The largest absolute Gasteiger partial charge is 0.382 e. The maximum absolute atomic E-state index is 6.10. The summed E-state index contributed by atoms with van der Waals surface area (Å²) in [4.78, 5) is 8.01. The molecule has 0 aromatic carbocycles. The first kappa shape index (κ1) is 11.9. The number of hydrogen-bond donors (Lipinski definition) is 1. The molecule has 0 saturated carbocycles. The number of hydrogen-bond acceptors (Lipinski definition) is 4. The lowest BCUT2D eigenvalue weighted by molar-refractivity contribution is 0.587. The molecule has 5 nitrogen and oxygen atoms in total. The summed E-state index contributed by atoms with van der Waals surface area (Å²) in [7, 11) is 0.